The van der Waals surface area contributed by atoms with Gasteiger partial charge in [0.2, 0.25) is 5.88 Å². The summed E-state index contributed by atoms with van der Waals surface area (Å²) in [5.41, 5.74) is 0.627. The van der Waals surface area contributed by atoms with Crippen LogP contribution < -0.4 is 4.74 Å². The van der Waals surface area contributed by atoms with Gasteiger partial charge in [-0.15, -0.1) is 11.6 Å². The van der Waals surface area contributed by atoms with Gasteiger partial charge in [0, 0.05) is 6.20 Å². The van der Waals surface area contributed by atoms with Crippen LogP contribution in [0.3, 0.4) is 0 Å². The molecule has 0 saturated heterocycles. The zero-order chi connectivity index (χ0) is 12.3. The minimum atomic E-state index is 0.271. The van der Waals surface area contributed by atoms with Gasteiger partial charge in [-0.2, -0.15) is 0 Å². The van der Waals surface area contributed by atoms with Gasteiger partial charge in [0.05, 0.1) is 22.8 Å². The van der Waals surface area contributed by atoms with Crippen LogP contribution in [0.5, 0.6) is 11.6 Å². The van der Waals surface area contributed by atoms with Gasteiger partial charge in [0.25, 0.3) is 0 Å². The second-order valence-corrected chi connectivity index (χ2v) is 4.19. The molecular weight excluding hydrogens is 282 g/mol. The highest BCUT2D eigenvalue weighted by Crippen LogP contribution is 2.33. The number of halogens is 3. The van der Waals surface area contributed by atoms with E-state index in [0.29, 0.717) is 27.4 Å². The maximum atomic E-state index is 5.99. The van der Waals surface area contributed by atoms with Crippen molar-refractivity contribution in [2.45, 2.75) is 5.88 Å². The van der Waals surface area contributed by atoms with Crippen molar-refractivity contribution in [3.8, 4) is 11.6 Å². The molecule has 88 valence electrons. The van der Waals surface area contributed by atoms with Crippen molar-refractivity contribution in [2.75, 3.05) is 0 Å². The number of hydrogen-bond donors (Lipinski definition) is 0. The molecule has 1 aromatic carbocycles. The molecular formula is C11H7Cl3N2O. The lowest BCUT2D eigenvalue weighted by molar-refractivity contribution is 0.458. The highest BCUT2D eigenvalue weighted by Gasteiger charge is 2.07. The van der Waals surface area contributed by atoms with Crippen LogP contribution in [0.15, 0.2) is 30.6 Å². The minimum Gasteiger partial charge on any atom is -0.436 e. The molecule has 0 N–H and O–H groups in total. The molecule has 0 saturated carbocycles. The van der Waals surface area contributed by atoms with Crippen molar-refractivity contribution in [1.82, 2.24) is 9.97 Å². The SMILES string of the molecule is ClCc1cncc(Oc2cccc(Cl)c2Cl)n1. The Kier molecular flexibility index (Phi) is 4.05. The highest BCUT2D eigenvalue weighted by atomic mass is 35.5. The highest BCUT2D eigenvalue weighted by molar-refractivity contribution is 6.42. The maximum Gasteiger partial charge on any atom is 0.238 e. The first-order chi connectivity index (χ1) is 8.20. The average Bonchev–Trinajstić information content (AvgIpc) is 2.35. The molecule has 0 amide bonds. The fraction of sp³-hybridized carbons (Fsp3) is 0.0909. The largest absolute Gasteiger partial charge is 0.436 e. The second kappa shape index (κ2) is 5.54. The lowest BCUT2D eigenvalue weighted by Gasteiger charge is -2.07. The van der Waals surface area contributed by atoms with Crippen LogP contribution in [0.1, 0.15) is 5.69 Å². The molecule has 0 spiro atoms. The Labute approximate surface area is 113 Å². The van der Waals surface area contributed by atoms with E-state index in [1.54, 1.807) is 24.4 Å². The van der Waals surface area contributed by atoms with Crippen molar-refractivity contribution >= 4 is 34.8 Å². The summed E-state index contributed by atoms with van der Waals surface area (Å²) in [6.45, 7) is 0. The van der Waals surface area contributed by atoms with E-state index in [2.05, 4.69) is 9.97 Å². The summed E-state index contributed by atoms with van der Waals surface area (Å²) in [7, 11) is 0. The van der Waals surface area contributed by atoms with Crippen LogP contribution in [-0.2, 0) is 5.88 Å². The molecule has 2 rings (SSSR count). The molecule has 0 unspecified atom stereocenters. The minimum absolute atomic E-state index is 0.271. The Bertz CT molecular complexity index is 534. The van der Waals surface area contributed by atoms with E-state index in [-0.39, 0.29) is 5.88 Å². The molecule has 0 aliphatic heterocycles. The van der Waals surface area contributed by atoms with Crippen molar-refractivity contribution in [3.05, 3.63) is 46.3 Å². The smallest absolute Gasteiger partial charge is 0.238 e. The number of benzene rings is 1. The predicted molar refractivity (Wildman–Crippen MR) is 68.1 cm³/mol. The topological polar surface area (TPSA) is 35.0 Å². The number of hydrogen-bond acceptors (Lipinski definition) is 3. The summed E-state index contributed by atoms with van der Waals surface area (Å²) in [6.07, 6.45) is 3.05. The fourth-order valence-electron chi connectivity index (χ4n) is 1.18. The monoisotopic (exact) mass is 288 g/mol. The summed E-state index contributed by atoms with van der Waals surface area (Å²) in [4.78, 5) is 8.09. The predicted octanol–water partition coefficient (Wildman–Crippen LogP) is 4.31. The normalized spacial score (nSPS) is 10.3. The van der Waals surface area contributed by atoms with Gasteiger partial charge in [-0.3, -0.25) is 4.98 Å². The lowest BCUT2D eigenvalue weighted by Crippen LogP contribution is -1.93. The average molecular weight is 290 g/mol. The molecule has 0 atom stereocenters. The summed E-state index contributed by atoms with van der Waals surface area (Å²) < 4.78 is 5.48. The first-order valence-corrected chi connectivity index (χ1v) is 5.98. The first-order valence-electron chi connectivity index (χ1n) is 4.69. The Morgan fingerprint density at radius 1 is 1.18 bits per heavy atom. The summed E-state index contributed by atoms with van der Waals surface area (Å²) >= 11 is 17.5. The van der Waals surface area contributed by atoms with Crippen molar-refractivity contribution in [3.63, 3.8) is 0 Å². The third-order valence-electron chi connectivity index (χ3n) is 1.93. The molecule has 0 aliphatic rings. The fourth-order valence-corrected chi connectivity index (χ4v) is 1.63. The lowest BCUT2D eigenvalue weighted by atomic mass is 10.3. The van der Waals surface area contributed by atoms with Gasteiger partial charge in [0.15, 0.2) is 0 Å². The molecule has 0 aliphatic carbocycles. The molecule has 6 heteroatoms. The van der Waals surface area contributed by atoms with Gasteiger partial charge < -0.3 is 4.74 Å². The van der Waals surface area contributed by atoms with E-state index < -0.39 is 0 Å². The van der Waals surface area contributed by atoms with Crippen molar-refractivity contribution < 1.29 is 4.74 Å². The van der Waals surface area contributed by atoms with Crippen LogP contribution in [0.2, 0.25) is 10.0 Å². The van der Waals surface area contributed by atoms with E-state index >= 15 is 0 Å². The van der Waals surface area contributed by atoms with Gasteiger partial charge in [-0.05, 0) is 12.1 Å². The van der Waals surface area contributed by atoms with Gasteiger partial charge in [-0.1, -0.05) is 29.3 Å². The summed E-state index contributed by atoms with van der Waals surface area (Å²) in [5, 5.41) is 0.762. The molecule has 0 bridgehead atoms. The van der Waals surface area contributed by atoms with Crippen LogP contribution >= 0.6 is 34.8 Å². The second-order valence-electron chi connectivity index (χ2n) is 3.14. The van der Waals surface area contributed by atoms with E-state index in [0.717, 1.165) is 0 Å². The van der Waals surface area contributed by atoms with Gasteiger partial charge in [0.1, 0.15) is 10.8 Å². The molecule has 0 fully saturated rings. The van der Waals surface area contributed by atoms with E-state index in [9.17, 15) is 0 Å². The number of aromatic nitrogens is 2. The molecule has 17 heavy (non-hydrogen) atoms. The van der Waals surface area contributed by atoms with Crippen molar-refractivity contribution in [2.24, 2.45) is 0 Å². The van der Waals surface area contributed by atoms with Crippen LogP contribution in [0.25, 0.3) is 0 Å². The van der Waals surface area contributed by atoms with Crippen LogP contribution in [0, 0.1) is 0 Å². The first kappa shape index (κ1) is 12.4. The van der Waals surface area contributed by atoms with Gasteiger partial charge >= 0.3 is 0 Å². The quantitative estimate of drug-likeness (QED) is 0.790. The molecule has 2 aromatic rings. The maximum absolute atomic E-state index is 5.99. The van der Waals surface area contributed by atoms with Crippen LogP contribution in [0.4, 0.5) is 0 Å². The van der Waals surface area contributed by atoms with Crippen molar-refractivity contribution in [1.29, 1.82) is 0 Å². The van der Waals surface area contributed by atoms with E-state index in [1.807, 2.05) is 0 Å². The third-order valence-corrected chi connectivity index (χ3v) is 3.01. The Morgan fingerprint density at radius 3 is 2.76 bits per heavy atom. The Balaban J connectivity index is 2.28. The third kappa shape index (κ3) is 3.00. The Hall–Kier alpha value is -1.03. The number of ether oxygens (including phenoxy) is 1. The molecule has 3 nitrogen and oxygen atoms in total. The zero-order valence-corrected chi connectivity index (χ0v) is 10.8. The summed E-state index contributed by atoms with van der Waals surface area (Å²) in [5.74, 6) is 1.03. The molecule has 0 radical (unpaired) electrons. The van der Waals surface area contributed by atoms with Crippen LogP contribution in [-0.4, -0.2) is 9.97 Å². The standard InChI is InChI=1S/C11H7Cl3N2O/c12-4-7-5-15-6-10(16-7)17-9-3-1-2-8(13)11(9)14/h1-3,5-6H,4H2. The summed E-state index contributed by atoms with van der Waals surface area (Å²) in [6, 6.07) is 5.11. The molecule has 1 aromatic heterocycles. The number of nitrogens with zero attached hydrogens (tertiary/aromatic N) is 2. The van der Waals surface area contributed by atoms with E-state index in [1.165, 1.54) is 6.20 Å². The number of rotatable bonds is 3. The Morgan fingerprint density at radius 2 is 2.00 bits per heavy atom. The zero-order valence-electron chi connectivity index (χ0n) is 8.53. The van der Waals surface area contributed by atoms with Gasteiger partial charge in [-0.25, -0.2) is 4.98 Å². The molecule has 1 heterocycles. The van der Waals surface area contributed by atoms with E-state index in [4.69, 9.17) is 39.5 Å². The number of alkyl halides is 1.